The fourth-order valence-electron chi connectivity index (χ4n) is 7.60. The number of aryl methyl sites for hydroxylation is 2. The number of rotatable bonds is 13. The molecule has 56 heavy (non-hydrogen) atoms. The highest BCUT2D eigenvalue weighted by Crippen LogP contribution is 2.36. The molecule has 0 aliphatic carbocycles. The van der Waals surface area contributed by atoms with Gasteiger partial charge in [0, 0.05) is 43.5 Å². The maximum Gasteiger partial charge on any atom is 0.269 e. The van der Waals surface area contributed by atoms with Gasteiger partial charge in [0.25, 0.3) is 5.91 Å². The molecule has 9 nitrogen and oxygen atoms in total. The first-order valence-electron chi connectivity index (χ1n) is 20.3. The van der Waals surface area contributed by atoms with Gasteiger partial charge in [-0.05, 0) is 115 Å². The Bertz CT molecular complexity index is 2190. The maximum atomic E-state index is 15.4. The SMILES string of the molecule is CCC/C=C(/N=C(\c1c(C)cc(-c2cc(O)cc3ccc(F)c(CC)c23)c2c1=CC(C)C(C)N=2)N1CCCN=C(/C=C(\N)C(=O)N(C)C)C1)OCC(C)CCC. The third-order valence-electron chi connectivity index (χ3n) is 10.7. The molecule has 0 aromatic heterocycles. The minimum atomic E-state index is -0.276. The van der Waals surface area contributed by atoms with Crippen LogP contribution in [0, 0.1) is 24.6 Å². The van der Waals surface area contributed by atoms with E-state index in [0.29, 0.717) is 55.7 Å². The molecule has 3 aromatic carbocycles. The van der Waals surface area contributed by atoms with E-state index in [1.165, 1.54) is 11.0 Å². The minimum Gasteiger partial charge on any atom is -0.508 e. The van der Waals surface area contributed by atoms with Gasteiger partial charge in [-0.25, -0.2) is 4.39 Å². The lowest BCUT2D eigenvalue weighted by Gasteiger charge is -2.29. The van der Waals surface area contributed by atoms with Gasteiger partial charge in [0.05, 0.1) is 36.0 Å². The van der Waals surface area contributed by atoms with Crippen molar-refractivity contribution >= 4 is 34.3 Å². The van der Waals surface area contributed by atoms with Gasteiger partial charge in [0.2, 0.25) is 5.88 Å². The molecule has 10 heteroatoms. The van der Waals surface area contributed by atoms with E-state index in [-0.39, 0.29) is 35.1 Å². The van der Waals surface area contributed by atoms with Gasteiger partial charge < -0.3 is 25.4 Å². The first-order chi connectivity index (χ1) is 26.8. The lowest BCUT2D eigenvalue weighted by molar-refractivity contribution is -0.124. The van der Waals surface area contributed by atoms with Crippen molar-refractivity contribution in [1.29, 1.82) is 0 Å². The van der Waals surface area contributed by atoms with E-state index in [9.17, 15) is 9.90 Å². The molecule has 2 heterocycles. The number of nitrogens with zero attached hydrogens (tertiary/aromatic N) is 5. The Labute approximate surface area is 332 Å². The molecule has 0 fully saturated rings. The van der Waals surface area contributed by atoms with Crippen molar-refractivity contribution in [2.24, 2.45) is 32.5 Å². The molecule has 0 spiro atoms. The van der Waals surface area contributed by atoms with Crippen LogP contribution in [0.15, 0.2) is 69.0 Å². The van der Waals surface area contributed by atoms with Crippen molar-refractivity contribution in [3.8, 4) is 16.9 Å². The maximum absolute atomic E-state index is 15.4. The van der Waals surface area contributed by atoms with Crippen LogP contribution < -0.4 is 16.3 Å². The predicted octanol–water partition coefficient (Wildman–Crippen LogP) is 7.58. The minimum absolute atomic E-state index is 0.0224. The Balaban J connectivity index is 1.82. The van der Waals surface area contributed by atoms with E-state index in [1.54, 1.807) is 38.4 Å². The molecule has 3 N–H and O–H groups in total. The molecule has 2 aliphatic heterocycles. The molecule has 3 unspecified atom stereocenters. The van der Waals surface area contributed by atoms with E-state index in [0.717, 1.165) is 81.5 Å². The zero-order valence-electron chi connectivity index (χ0n) is 34.9. The molecule has 2 aliphatic rings. The number of benzene rings is 3. The third-order valence-corrected chi connectivity index (χ3v) is 10.7. The van der Waals surface area contributed by atoms with Crippen LogP contribution in [0.5, 0.6) is 5.75 Å². The molecule has 1 amide bonds. The number of ether oxygens (including phenoxy) is 1. The number of aromatic hydroxyl groups is 1. The number of carbonyl (C=O) groups excluding carboxylic acids is 1. The summed E-state index contributed by atoms with van der Waals surface area (Å²) < 4.78 is 22.0. The van der Waals surface area contributed by atoms with Crippen molar-refractivity contribution in [1.82, 2.24) is 9.80 Å². The number of aliphatic imine (C=N–C) groups is 2. The Kier molecular flexibility index (Phi) is 14.1. The van der Waals surface area contributed by atoms with Gasteiger partial charge in [-0.1, -0.05) is 59.6 Å². The summed E-state index contributed by atoms with van der Waals surface area (Å²) in [6, 6.07) is 8.74. The summed E-state index contributed by atoms with van der Waals surface area (Å²) in [5, 5.41) is 14.3. The fraction of sp³-hybridized carbons (Fsp3) is 0.478. The van der Waals surface area contributed by atoms with Crippen LogP contribution in [-0.4, -0.2) is 78.7 Å². The van der Waals surface area contributed by atoms with E-state index >= 15 is 4.39 Å². The summed E-state index contributed by atoms with van der Waals surface area (Å²) in [4.78, 5) is 32.1. The van der Waals surface area contributed by atoms with E-state index in [4.69, 9.17) is 25.4 Å². The lowest BCUT2D eigenvalue weighted by atomic mass is 9.87. The second-order valence-corrected chi connectivity index (χ2v) is 15.7. The van der Waals surface area contributed by atoms with E-state index < -0.39 is 0 Å². The predicted molar refractivity (Wildman–Crippen MR) is 228 cm³/mol. The number of likely N-dealkylation sites (N-methyl/N-ethyl adjacent to an activating group) is 1. The van der Waals surface area contributed by atoms with E-state index in [1.807, 2.05) is 6.92 Å². The number of halogens is 1. The normalized spacial score (nSPS) is 18.4. The number of hydrogen-bond acceptors (Lipinski definition) is 7. The number of phenols is 1. The number of carbonyl (C=O) groups is 1. The third kappa shape index (κ3) is 9.51. The standard InChI is InChI=1S/C46H61FN6O3/c1-10-13-16-41(56-27-28(4)15-11-2)51-45(53-20-14-19-49-33(26-53)24-40(48)46(55)52(8)9)42-30(6)22-37(44-38(42)21-29(5)31(7)50-44)36-25-34(54)23-32-17-18-39(47)35(12-3)43(32)36/h16-18,21-25,28-29,31,54H,10-15,19-20,26-27,48H2,1-9H3/b40-24-,41-16-,51-45+. The number of hydrogen-bond donors (Lipinski definition) is 2. The number of nitrogens with two attached hydrogens (primary N) is 1. The molecule has 0 saturated heterocycles. The van der Waals surface area contributed by atoms with Crippen molar-refractivity contribution in [2.75, 3.05) is 40.3 Å². The molecule has 3 atom stereocenters. The van der Waals surface area contributed by atoms with Gasteiger partial charge in [0.15, 0.2) is 0 Å². The summed E-state index contributed by atoms with van der Waals surface area (Å²) in [6.07, 6.45) is 11.2. The molecule has 0 bridgehead atoms. The molecule has 300 valence electrons. The van der Waals surface area contributed by atoms with E-state index in [2.05, 4.69) is 64.7 Å². The summed E-state index contributed by atoms with van der Waals surface area (Å²) >= 11 is 0. The van der Waals surface area contributed by atoms with Gasteiger partial charge >= 0.3 is 0 Å². The summed E-state index contributed by atoms with van der Waals surface area (Å²) in [5.41, 5.74) is 11.2. The second-order valence-electron chi connectivity index (χ2n) is 15.7. The van der Waals surface area contributed by atoms with Crippen molar-refractivity contribution in [2.45, 2.75) is 93.0 Å². The van der Waals surface area contributed by atoms with Crippen LogP contribution in [0.1, 0.15) is 90.3 Å². The zero-order chi connectivity index (χ0) is 40.7. The van der Waals surface area contributed by atoms with Crippen LogP contribution >= 0.6 is 0 Å². The van der Waals surface area contributed by atoms with Crippen molar-refractivity contribution < 1.29 is 19.0 Å². The fourth-order valence-corrected chi connectivity index (χ4v) is 7.60. The number of allylic oxidation sites excluding steroid dienone is 1. The smallest absolute Gasteiger partial charge is 0.269 e. The Morgan fingerprint density at radius 1 is 1.16 bits per heavy atom. The quantitative estimate of drug-likeness (QED) is 0.0807. The van der Waals surface area contributed by atoms with Gasteiger partial charge in [-0.2, -0.15) is 4.99 Å². The lowest BCUT2D eigenvalue weighted by Crippen LogP contribution is -2.45. The first-order valence-corrected chi connectivity index (χ1v) is 20.3. The Morgan fingerprint density at radius 3 is 2.62 bits per heavy atom. The van der Waals surface area contributed by atoms with Crippen LogP contribution in [0.25, 0.3) is 28.0 Å². The summed E-state index contributed by atoms with van der Waals surface area (Å²) in [6.45, 7) is 17.0. The molecule has 5 rings (SSSR count). The molecule has 3 aromatic rings. The number of fused-ring (bicyclic) bond motifs is 2. The zero-order valence-corrected chi connectivity index (χ0v) is 34.9. The van der Waals surface area contributed by atoms with Gasteiger partial charge in [-0.15, -0.1) is 0 Å². The highest BCUT2D eigenvalue weighted by atomic mass is 19.1. The largest absolute Gasteiger partial charge is 0.508 e. The number of phenolic OH excluding ortho intramolecular Hbond substituents is 1. The average Bonchev–Trinajstić information content (AvgIpc) is 3.40. The molecule has 0 saturated carbocycles. The van der Waals surface area contributed by atoms with Crippen molar-refractivity contribution in [3.05, 3.63) is 87.1 Å². The highest BCUT2D eigenvalue weighted by Gasteiger charge is 2.27. The monoisotopic (exact) mass is 764 g/mol. The van der Waals surface area contributed by atoms with Crippen LogP contribution in [0.2, 0.25) is 0 Å². The van der Waals surface area contributed by atoms with Gasteiger partial charge in [0.1, 0.15) is 17.4 Å². The molecular formula is C46H61FN6O3. The Morgan fingerprint density at radius 2 is 1.93 bits per heavy atom. The molecular weight excluding hydrogens is 704 g/mol. The molecule has 0 radical (unpaired) electrons. The summed E-state index contributed by atoms with van der Waals surface area (Å²) in [7, 11) is 3.36. The summed E-state index contributed by atoms with van der Waals surface area (Å²) in [5.74, 6) is 1.34. The average molecular weight is 765 g/mol. The topological polar surface area (TPSA) is 116 Å². The number of unbranched alkanes of at least 4 members (excludes halogenated alkanes) is 1. The number of amidine groups is 1. The number of amides is 1. The van der Waals surface area contributed by atoms with Gasteiger partial charge in [-0.3, -0.25) is 14.8 Å². The highest BCUT2D eigenvalue weighted by molar-refractivity contribution is 6.08. The van der Waals surface area contributed by atoms with Crippen LogP contribution in [-0.2, 0) is 16.0 Å². The van der Waals surface area contributed by atoms with Crippen LogP contribution in [0.4, 0.5) is 4.39 Å². The first kappa shape index (κ1) is 42.2. The Hall–Kier alpha value is -4.99. The second kappa shape index (κ2) is 18.8. The van der Waals surface area contributed by atoms with Crippen molar-refractivity contribution in [3.63, 3.8) is 0 Å². The van der Waals surface area contributed by atoms with Crippen LogP contribution in [0.3, 0.4) is 0 Å².